The highest BCUT2D eigenvalue weighted by Crippen LogP contribution is 2.32. The molecule has 2 heterocycles. The van der Waals surface area contributed by atoms with Crippen molar-refractivity contribution >= 4 is 33.4 Å². The van der Waals surface area contributed by atoms with Crippen molar-refractivity contribution in [2.24, 2.45) is 0 Å². The number of hydrogen-bond donors (Lipinski definition) is 2. The molecule has 0 spiro atoms. The predicted molar refractivity (Wildman–Crippen MR) is 124 cm³/mol. The summed E-state index contributed by atoms with van der Waals surface area (Å²) in [6.07, 6.45) is -0.651. The van der Waals surface area contributed by atoms with Crippen LogP contribution in [0.15, 0.2) is 47.4 Å². The minimum Gasteiger partial charge on any atom is -0.479 e. The van der Waals surface area contributed by atoms with Crippen molar-refractivity contribution in [3.05, 3.63) is 53.6 Å². The highest BCUT2D eigenvalue weighted by molar-refractivity contribution is 7.89. The van der Waals surface area contributed by atoms with Gasteiger partial charge in [0.25, 0.3) is 11.8 Å². The molecule has 2 aliphatic heterocycles. The predicted octanol–water partition coefficient (Wildman–Crippen LogP) is 0.977. The molecule has 180 valence electrons. The maximum absolute atomic E-state index is 13.1. The van der Waals surface area contributed by atoms with Crippen LogP contribution in [-0.4, -0.2) is 74.2 Å². The normalized spacial score (nSPS) is 18.5. The van der Waals surface area contributed by atoms with E-state index in [-0.39, 0.29) is 55.3 Å². The Morgan fingerprint density at radius 3 is 2.44 bits per heavy atom. The van der Waals surface area contributed by atoms with Gasteiger partial charge in [0.1, 0.15) is 5.75 Å². The average molecular weight is 487 g/mol. The number of fused-ring (bicyclic) bond motifs is 1. The van der Waals surface area contributed by atoms with Crippen molar-refractivity contribution in [1.82, 2.24) is 14.5 Å². The first kappa shape index (κ1) is 23.7. The van der Waals surface area contributed by atoms with Gasteiger partial charge >= 0.3 is 0 Å². The summed E-state index contributed by atoms with van der Waals surface area (Å²) >= 11 is 0. The van der Waals surface area contributed by atoms with Gasteiger partial charge in [0, 0.05) is 31.7 Å². The second-order valence-corrected chi connectivity index (χ2v) is 10.2. The molecule has 2 aromatic rings. The fraction of sp³-hybridized carbons (Fsp3) is 0.348. The van der Waals surface area contributed by atoms with Crippen LogP contribution in [-0.2, 0) is 19.6 Å². The molecule has 34 heavy (non-hydrogen) atoms. The van der Waals surface area contributed by atoms with E-state index in [1.165, 1.54) is 27.4 Å². The Labute approximate surface area is 197 Å². The van der Waals surface area contributed by atoms with E-state index in [1.54, 1.807) is 19.1 Å². The fourth-order valence-corrected chi connectivity index (χ4v) is 5.20. The standard InChI is InChI=1S/C23H26N4O6S/c1-15-3-5-17(6-4-15)23(30)24-14-21(28)26-9-11-27(12-10-26)34(31,32)18-7-8-20-19(13-18)25-22(29)16(2)33-20/h3-8,13,16H,9-12,14H2,1-2H3,(H,24,30)(H,25,29). The van der Waals surface area contributed by atoms with Gasteiger partial charge in [-0.05, 0) is 44.2 Å². The van der Waals surface area contributed by atoms with E-state index < -0.39 is 16.1 Å². The lowest BCUT2D eigenvalue weighted by Gasteiger charge is -2.34. The van der Waals surface area contributed by atoms with E-state index in [4.69, 9.17) is 4.74 Å². The molecule has 0 saturated carbocycles. The molecule has 4 rings (SSSR count). The van der Waals surface area contributed by atoms with Gasteiger partial charge in [-0.3, -0.25) is 14.4 Å². The van der Waals surface area contributed by atoms with Crippen LogP contribution in [0.3, 0.4) is 0 Å². The summed E-state index contributed by atoms with van der Waals surface area (Å²) in [5.74, 6) is -0.550. The third kappa shape index (κ3) is 4.90. The molecule has 2 aromatic carbocycles. The SMILES string of the molecule is Cc1ccc(C(=O)NCC(=O)N2CCN(S(=O)(=O)c3ccc4c(c3)NC(=O)C(C)O4)CC2)cc1. The van der Waals surface area contributed by atoms with Crippen LogP contribution in [0.25, 0.3) is 0 Å². The number of carbonyl (C=O) groups is 3. The largest absolute Gasteiger partial charge is 0.479 e. The van der Waals surface area contributed by atoms with Gasteiger partial charge in [0.05, 0.1) is 17.1 Å². The molecule has 2 aliphatic rings. The number of nitrogens with one attached hydrogen (secondary N) is 2. The number of sulfonamides is 1. The maximum atomic E-state index is 13.1. The lowest BCUT2D eigenvalue weighted by atomic mass is 10.1. The molecule has 0 aromatic heterocycles. The lowest BCUT2D eigenvalue weighted by Crippen LogP contribution is -2.52. The van der Waals surface area contributed by atoms with Crippen molar-refractivity contribution in [2.75, 3.05) is 38.0 Å². The lowest BCUT2D eigenvalue weighted by molar-refractivity contribution is -0.131. The van der Waals surface area contributed by atoms with Crippen molar-refractivity contribution in [3.8, 4) is 5.75 Å². The number of amides is 3. The molecule has 0 radical (unpaired) electrons. The number of rotatable bonds is 5. The zero-order valence-electron chi connectivity index (χ0n) is 18.9. The van der Waals surface area contributed by atoms with Crippen molar-refractivity contribution in [3.63, 3.8) is 0 Å². The molecule has 0 bridgehead atoms. The summed E-state index contributed by atoms with van der Waals surface area (Å²) in [5, 5.41) is 5.26. The van der Waals surface area contributed by atoms with E-state index in [0.717, 1.165) is 5.56 Å². The first-order valence-electron chi connectivity index (χ1n) is 10.9. The van der Waals surface area contributed by atoms with Crippen LogP contribution in [0.2, 0.25) is 0 Å². The Bertz CT molecular complexity index is 1220. The average Bonchev–Trinajstić information content (AvgIpc) is 2.83. The van der Waals surface area contributed by atoms with E-state index in [0.29, 0.717) is 17.0 Å². The van der Waals surface area contributed by atoms with Gasteiger partial charge in [-0.15, -0.1) is 0 Å². The number of aryl methyl sites for hydroxylation is 1. The zero-order chi connectivity index (χ0) is 24.5. The van der Waals surface area contributed by atoms with Gasteiger partial charge in [0.15, 0.2) is 6.10 Å². The molecule has 1 saturated heterocycles. The number of hydrogen-bond acceptors (Lipinski definition) is 6. The Balaban J connectivity index is 1.33. The number of nitrogens with zero attached hydrogens (tertiary/aromatic N) is 2. The Hall–Kier alpha value is -3.44. The second kappa shape index (κ2) is 9.43. The summed E-state index contributed by atoms with van der Waals surface area (Å²) in [5.41, 5.74) is 1.81. The summed E-state index contributed by atoms with van der Waals surface area (Å²) in [7, 11) is -3.82. The Morgan fingerprint density at radius 1 is 1.09 bits per heavy atom. The number of ether oxygens (including phenoxy) is 1. The molecule has 10 nitrogen and oxygen atoms in total. The van der Waals surface area contributed by atoms with Gasteiger partial charge in [-0.25, -0.2) is 8.42 Å². The molecule has 2 N–H and O–H groups in total. The number of benzene rings is 2. The van der Waals surface area contributed by atoms with Crippen LogP contribution in [0.4, 0.5) is 5.69 Å². The van der Waals surface area contributed by atoms with Gasteiger partial charge in [-0.2, -0.15) is 4.31 Å². The molecular formula is C23H26N4O6S. The van der Waals surface area contributed by atoms with E-state index in [1.807, 2.05) is 19.1 Å². The first-order valence-corrected chi connectivity index (χ1v) is 12.3. The summed E-state index contributed by atoms with van der Waals surface area (Å²) in [6, 6.07) is 11.4. The Morgan fingerprint density at radius 2 is 1.76 bits per heavy atom. The van der Waals surface area contributed by atoms with Crippen LogP contribution in [0.1, 0.15) is 22.8 Å². The number of carbonyl (C=O) groups excluding carboxylic acids is 3. The molecule has 11 heteroatoms. The summed E-state index contributed by atoms with van der Waals surface area (Å²) in [4.78, 5) is 38.2. The van der Waals surface area contributed by atoms with Crippen LogP contribution < -0.4 is 15.4 Å². The Kier molecular flexibility index (Phi) is 6.58. The fourth-order valence-electron chi connectivity index (χ4n) is 3.75. The van der Waals surface area contributed by atoms with Crippen LogP contribution >= 0.6 is 0 Å². The van der Waals surface area contributed by atoms with Crippen molar-refractivity contribution in [2.45, 2.75) is 24.8 Å². The van der Waals surface area contributed by atoms with E-state index in [2.05, 4.69) is 10.6 Å². The van der Waals surface area contributed by atoms with Crippen molar-refractivity contribution in [1.29, 1.82) is 0 Å². The smallest absolute Gasteiger partial charge is 0.265 e. The number of piperazine rings is 1. The van der Waals surface area contributed by atoms with Crippen LogP contribution in [0.5, 0.6) is 5.75 Å². The minimum atomic E-state index is -3.82. The van der Waals surface area contributed by atoms with Gasteiger partial charge in [-0.1, -0.05) is 17.7 Å². The summed E-state index contributed by atoms with van der Waals surface area (Å²) in [6.45, 7) is 4.03. The number of anilines is 1. The minimum absolute atomic E-state index is 0.0369. The quantitative estimate of drug-likeness (QED) is 0.649. The monoisotopic (exact) mass is 486 g/mol. The third-order valence-electron chi connectivity index (χ3n) is 5.82. The molecule has 1 unspecified atom stereocenters. The van der Waals surface area contributed by atoms with Gasteiger partial charge < -0.3 is 20.3 Å². The van der Waals surface area contributed by atoms with Crippen molar-refractivity contribution < 1.29 is 27.5 Å². The maximum Gasteiger partial charge on any atom is 0.265 e. The molecule has 0 aliphatic carbocycles. The highest BCUT2D eigenvalue weighted by Gasteiger charge is 2.32. The molecule has 3 amide bonds. The highest BCUT2D eigenvalue weighted by atomic mass is 32.2. The third-order valence-corrected chi connectivity index (χ3v) is 7.72. The second-order valence-electron chi connectivity index (χ2n) is 8.24. The van der Waals surface area contributed by atoms with E-state index in [9.17, 15) is 22.8 Å². The van der Waals surface area contributed by atoms with Crippen LogP contribution in [0, 0.1) is 6.92 Å². The summed E-state index contributed by atoms with van der Waals surface area (Å²) < 4.78 is 33.0. The topological polar surface area (TPSA) is 125 Å². The first-order chi connectivity index (χ1) is 16.1. The van der Waals surface area contributed by atoms with E-state index >= 15 is 0 Å². The zero-order valence-corrected chi connectivity index (χ0v) is 19.7. The molecule has 1 atom stereocenters. The molecular weight excluding hydrogens is 460 g/mol. The molecule has 1 fully saturated rings. The van der Waals surface area contributed by atoms with Gasteiger partial charge in [0.2, 0.25) is 15.9 Å².